The van der Waals surface area contributed by atoms with Crippen LogP contribution in [-0.2, 0) is 16.0 Å². The number of esters is 1. The summed E-state index contributed by atoms with van der Waals surface area (Å²) in [6.45, 7) is 5.10. The van der Waals surface area contributed by atoms with Crippen LogP contribution in [0.25, 0.3) is 0 Å². The molecular weight excluding hydrogens is 398 g/mol. The highest BCUT2D eigenvalue weighted by molar-refractivity contribution is 7.98. The van der Waals surface area contributed by atoms with E-state index in [1.807, 2.05) is 32.2 Å². The highest BCUT2D eigenvalue weighted by atomic mass is 35.5. The van der Waals surface area contributed by atoms with E-state index < -0.39 is 5.97 Å². The Balaban J connectivity index is 1.67. The maximum atomic E-state index is 12.7. The van der Waals surface area contributed by atoms with Gasteiger partial charge in [-0.05, 0) is 57.2 Å². The molecule has 0 saturated carbocycles. The molecule has 0 aliphatic carbocycles. The zero-order valence-electron chi connectivity index (χ0n) is 16.3. The molecule has 1 saturated heterocycles. The van der Waals surface area contributed by atoms with Crippen molar-refractivity contribution in [2.45, 2.75) is 44.2 Å². The fourth-order valence-corrected chi connectivity index (χ4v) is 4.07. The Labute approximate surface area is 174 Å². The number of rotatable bonds is 7. The summed E-state index contributed by atoms with van der Waals surface area (Å²) in [6.07, 6.45) is 4.21. The molecule has 0 spiro atoms. The number of carbonyl (C=O) groups excluding carboxylic acids is 2. The maximum absolute atomic E-state index is 12.7. The zero-order valence-corrected chi connectivity index (χ0v) is 17.9. The lowest BCUT2D eigenvalue weighted by atomic mass is 10.1. The smallest absolute Gasteiger partial charge is 0.340 e. The number of Topliss-reactive ketones (excluding diaryl/α,β-unsaturated/α-hetero) is 1. The third-order valence-electron chi connectivity index (χ3n) is 5.01. The maximum Gasteiger partial charge on any atom is 0.340 e. The Hall–Kier alpha value is -1.76. The average Bonchev–Trinajstić information content (AvgIpc) is 3.30. The van der Waals surface area contributed by atoms with Crippen molar-refractivity contribution in [1.82, 2.24) is 4.57 Å². The SMILES string of the molecule is CSc1ccc(Cl)c(C(=O)OCC(=O)c2cc(C)n(CC3CCCO3)c2C)c1. The van der Waals surface area contributed by atoms with Crippen LogP contribution in [0.4, 0.5) is 0 Å². The summed E-state index contributed by atoms with van der Waals surface area (Å²) in [7, 11) is 0. The van der Waals surface area contributed by atoms with Gasteiger partial charge in [-0.25, -0.2) is 4.79 Å². The number of ketones is 1. The van der Waals surface area contributed by atoms with Crippen molar-refractivity contribution < 1.29 is 19.1 Å². The molecule has 1 fully saturated rings. The number of halogens is 1. The minimum atomic E-state index is -0.595. The molecule has 2 heterocycles. The summed E-state index contributed by atoms with van der Waals surface area (Å²) < 4.78 is 13.1. The van der Waals surface area contributed by atoms with Crippen LogP contribution in [0.1, 0.15) is 44.9 Å². The first kappa shape index (κ1) is 21.0. The van der Waals surface area contributed by atoms with Gasteiger partial charge in [0.15, 0.2) is 6.61 Å². The normalized spacial score (nSPS) is 16.4. The van der Waals surface area contributed by atoms with Crippen molar-refractivity contribution in [3.8, 4) is 0 Å². The molecular formula is C21H24ClNO4S. The molecule has 1 aromatic heterocycles. The number of ether oxygens (including phenoxy) is 2. The summed E-state index contributed by atoms with van der Waals surface area (Å²) in [5.74, 6) is -0.820. The van der Waals surface area contributed by atoms with Gasteiger partial charge in [-0.3, -0.25) is 4.79 Å². The number of thioether (sulfide) groups is 1. The van der Waals surface area contributed by atoms with Gasteiger partial charge in [0.1, 0.15) is 0 Å². The molecule has 7 heteroatoms. The number of aryl methyl sites for hydroxylation is 1. The molecule has 1 aliphatic rings. The van der Waals surface area contributed by atoms with Gasteiger partial charge in [0, 0.05) is 35.0 Å². The number of hydrogen-bond donors (Lipinski definition) is 0. The van der Waals surface area contributed by atoms with Crippen LogP contribution in [0.2, 0.25) is 5.02 Å². The van der Waals surface area contributed by atoms with Gasteiger partial charge in [-0.15, -0.1) is 11.8 Å². The summed E-state index contributed by atoms with van der Waals surface area (Å²) in [5.41, 5.74) is 2.72. The van der Waals surface area contributed by atoms with Crippen LogP contribution in [0.15, 0.2) is 29.2 Å². The number of aromatic nitrogens is 1. The molecule has 0 radical (unpaired) electrons. The molecule has 1 aliphatic heterocycles. The van der Waals surface area contributed by atoms with Gasteiger partial charge >= 0.3 is 5.97 Å². The number of nitrogens with zero attached hydrogens (tertiary/aromatic N) is 1. The monoisotopic (exact) mass is 421 g/mol. The van der Waals surface area contributed by atoms with Crippen molar-refractivity contribution >= 4 is 35.1 Å². The summed E-state index contributed by atoms with van der Waals surface area (Å²) >= 11 is 7.60. The highest BCUT2D eigenvalue weighted by Gasteiger charge is 2.22. The Bertz CT molecular complexity index is 887. The molecule has 150 valence electrons. The largest absolute Gasteiger partial charge is 0.454 e. The van der Waals surface area contributed by atoms with Crippen LogP contribution in [0.3, 0.4) is 0 Å². The van der Waals surface area contributed by atoms with E-state index in [1.165, 1.54) is 11.8 Å². The van der Waals surface area contributed by atoms with Gasteiger partial charge in [0.2, 0.25) is 5.78 Å². The molecule has 0 N–H and O–H groups in total. The van der Waals surface area contributed by atoms with E-state index in [0.29, 0.717) is 10.6 Å². The van der Waals surface area contributed by atoms with Crippen molar-refractivity contribution in [3.05, 3.63) is 51.8 Å². The minimum Gasteiger partial charge on any atom is -0.454 e. The Kier molecular flexibility index (Phi) is 6.86. The van der Waals surface area contributed by atoms with Gasteiger partial charge in [-0.2, -0.15) is 0 Å². The number of carbonyl (C=O) groups is 2. The second-order valence-corrected chi connectivity index (χ2v) is 8.16. The van der Waals surface area contributed by atoms with E-state index in [9.17, 15) is 9.59 Å². The topological polar surface area (TPSA) is 57.5 Å². The lowest BCUT2D eigenvalue weighted by Crippen LogP contribution is -2.18. The quantitative estimate of drug-likeness (QED) is 0.368. The molecule has 1 unspecified atom stereocenters. The van der Waals surface area contributed by atoms with Crippen molar-refractivity contribution in [3.63, 3.8) is 0 Å². The van der Waals surface area contributed by atoms with Crippen LogP contribution in [-0.4, -0.2) is 41.9 Å². The first-order valence-corrected chi connectivity index (χ1v) is 10.8. The first-order valence-electron chi connectivity index (χ1n) is 9.23. The molecule has 5 nitrogen and oxygen atoms in total. The van der Waals surface area contributed by atoms with Crippen LogP contribution >= 0.6 is 23.4 Å². The zero-order chi connectivity index (χ0) is 20.3. The molecule has 3 rings (SSSR count). The van der Waals surface area contributed by atoms with E-state index in [2.05, 4.69) is 4.57 Å². The summed E-state index contributed by atoms with van der Waals surface area (Å²) in [4.78, 5) is 25.9. The van der Waals surface area contributed by atoms with Gasteiger partial charge in [-0.1, -0.05) is 11.6 Å². The molecule has 1 aromatic carbocycles. The van der Waals surface area contributed by atoms with E-state index >= 15 is 0 Å². The fourth-order valence-electron chi connectivity index (χ4n) is 3.43. The molecule has 0 bridgehead atoms. The second kappa shape index (κ2) is 9.16. The van der Waals surface area contributed by atoms with Crippen LogP contribution < -0.4 is 0 Å². The number of hydrogen-bond acceptors (Lipinski definition) is 5. The first-order chi connectivity index (χ1) is 13.4. The van der Waals surface area contributed by atoms with Crippen molar-refractivity contribution in [2.75, 3.05) is 19.5 Å². The molecule has 2 aromatic rings. The Morgan fingerprint density at radius 3 is 2.75 bits per heavy atom. The Morgan fingerprint density at radius 2 is 2.07 bits per heavy atom. The van der Waals surface area contributed by atoms with Gasteiger partial charge in [0.05, 0.1) is 16.7 Å². The minimum absolute atomic E-state index is 0.191. The van der Waals surface area contributed by atoms with Crippen molar-refractivity contribution in [2.24, 2.45) is 0 Å². The summed E-state index contributed by atoms with van der Waals surface area (Å²) in [5, 5.41) is 0.310. The average molecular weight is 422 g/mol. The summed E-state index contributed by atoms with van der Waals surface area (Å²) in [6, 6.07) is 7.01. The lowest BCUT2D eigenvalue weighted by Gasteiger charge is -2.14. The van der Waals surface area contributed by atoms with Gasteiger partial charge in [0.25, 0.3) is 0 Å². The fraction of sp³-hybridized carbons (Fsp3) is 0.429. The van der Waals surface area contributed by atoms with Crippen molar-refractivity contribution in [1.29, 1.82) is 0 Å². The van der Waals surface area contributed by atoms with Crippen LogP contribution in [0, 0.1) is 13.8 Å². The second-order valence-electron chi connectivity index (χ2n) is 6.88. The molecule has 1 atom stereocenters. The highest BCUT2D eigenvalue weighted by Crippen LogP contribution is 2.24. The predicted molar refractivity (Wildman–Crippen MR) is 111 cm³/mol. The third-order valence-corrected chi connectivity index (χ3v) is 6.07. The predicted octanol–water partition coefficient (Wildman–Crippen LogP) is 4.70. The van der Waals surface area contributed by atoms with Crippen LogP contribution in [0.5, 0.6) is 0 Å². The standard InChI is InChI=1S/C21H24ClNO4S/c1-13-9-17(14(2)23(13)11-15-5-4-8-26-15)20(24)12-27-21(25)18-10-16(28-3)6-7-19(18)22/h6-7,9-10,15H,4-5,8,11-12H2,1-3H3. The van der Waals surface area contributed by atoms with E-state index in [0.717, 1.165) is 42.3 Å². The van der Waals surface area contributed by atoms with E-state index in [4.69, 9.17) is 21.1 Å². The molecule has 28 heavy (non-hydrogen) atoms. The lowest BCUT2D eigenvalue weighted by molar-refractivity contribution is 0.0474. The van der Waals surface area contributed by atoms with Gasteiger partial charge < -0.3 is 14.0 Å². The van der Waals surface area contributed by atoms with E-state index in [1.54, 1.807) is 12.1 Å². The Morgan fingerprint density at radius 1 is 1.29 bits per heavy atom. The third kappa shape index (κ3) is 4.62. The molecule has 0 amide bonds. The number of benzene rings is 1. The van der Waals surface area contributed by atoms with E-state index in [-0.39, 0.29) is 24.1 Å².